The van der Waals surface area contributed by atoms with Crippen LogP contribution in [0.2, 0.25) is 0 Å². The van der Waals surface area contributed by atoms with E-state index in [0.717, 1.165) is 32.1 Å². The summed E-state index contributed by atoms with van der Waals surface area (Å²) in [4.78, 5) is 57.7. The van der Waals surface area contributed by atoms with Gasteiger partial charge in [-0.3, -0.25) is 19.2 Å². The molecule has 0 aromatic heterocycles. The monoisotopic (exact) mass is 651 g/mol. The largest absolute Gasteiger partial charge is 0.460 e. The van der Waals surface area contributed by atoms with Crippen molar-refractivity contribution in [1.29, 1.82) is 0 Å². The maximum atomic E-state index is 14.6. The molecule has 3 amide bonds. The lowest BCUT2D eigenvalue weighted by molar-refractivity contribution is -0.160. The molecule has 4 aliphatic rings. The molecule has 4 fully saturated rings. The summed E-state index contributed by atoms with van der Waals surface area (Å²) in [5, 5.41) is 13.1. The van der Waals surface area contributed by atoms with E-state index >= 15 is 0 Å². The van der Waals surface area contributed by atoms with E-state index in [9.17, 15) is 24.3 Å². The Morgan fingerprint density at radius 3 is 2.60 bits per heavy atom. The predicted octanol–water partition coefficient (Wildman–Crippen LogP) is 2.87. The Hall–Kier alpha value is -2.24. The normalized spacial score (nSPS) is 31.8. The molecule has 2 bridgehead atoms. The lowest BCUT2D eigenvalue weighted by Crippen LogP contribution is -2.60. The Bertz CT molecular complexity index is 1050. The number of rotatable bonds is 14. The van der Waals surface area contributed by atoms with Gasteiger partial charge >= 0.3 is 5.97 Å². The summed E-state index contributed by atoms with van der Waals surface area (Å²) in [5.74, 6) is -3.16. The molecule has 234 valence electrons. The van der Waals surface area contributed by atoms with Crippen molar-refractivity contribution < 1.29 is 33.8 Å². The summed E-state index contributed by atoms with van der Waals surface area (Å²) in [7, 11) is 0. The second-order valence-corrected chi connectivity index (χ2v) is 13.3. The van der Waals surface area contributed by atoms with Crippen LogP contribution in [0.25, 0.3) is 0 Å². The Labute approximate surface area is 257 Å². The van der Waals surface area contributed by atoms with E-state index < -0.39 is 47.7 Å². The molecule has 4 rings (SSSR count). The molecule has 3 heterocycles. The van der Waals surface area contributed by atoms with Crippen molar-refractivity contribution in [3.63, 3.8) is 0 Å². The number of nitrogens with zero attached hydrogens (tertiary/aromatic N) is 2. The number of likely N-dealkylation sites (tertiary alicyclic amines) is 1. The molecule has 1 aliphatic carbocycles. The van der Waals surface area contributed by atoms with E-state index in [0.29, 0.717) is 32.2 Å². The fraction of sp³-hybridized carbons (Fsp3) is 0.742. The van der Waals surface area contributed by atoms with Gasteiger partial charge in [-0.2, -0.15) is 0 Å². The highest BCUT2D eigenvalue weighted by Crippen LogP contribution is 2.61. The van der Waals surface area contributed by atoms with Crippen LogP contribution in [-0.2, 0) is 28.7 Å². The minimum absolute atomic E-state index is 0.0347. The second-order valence-electron chi connectivity index (χ2n) is 12.1. The fourth-order valence-corrected chi connectivity index (χ4v) is 8.37. The average Bonchev–Trinajstić information content (AvgIpc) is 3.58. The number of amides is 3. The van der Waals surface area contributed by atoms with E-state index in [2.05, 4.69) is 34.4 Å². The number of carbonyl (C=O) groups is 4. The van der Waals surface area contributed by atoms with Crippen LogP contribution < -0.4 is 5.32 Å². The number of carbonyl (C=O) groups excluding carboxylic acids is 4. The number of halogens is 1. The zero-order chi connectivity index (χ0) is 30.6. The molecule has 10 nitrogen and oxygen atoms in total. The van der Waals surface area contributed by atoms with Crippen LogP contribution in [0.4, 0.5) is 0 Å². The first kappa shape index (κ1) is 32.7. The van der Waals surface area contributed by atoms with Crippen LogP contribution >= 0.6 is 15.9 Å². The van der Waals surface area contributed by atoms with Crippen LogP contribution in [0.15, 0.2) is 25.3 Å². The molecule has 0 radical (unpaired) electrons. The standard InChI is InChI=1S/C31H46BrN3O7/c1-5-8-14-23(37)33-17-19(4)41-30(40)24-25-28(38)35(20(7-3)18-36)27(31(25)16-22(32)26(24)42-31)29(39)34(15-6-2)21-12-10-9-11-13-21/h5-6,19-22,24-27,36H,1-2,7-18H2,3-4H3,(H,33,37)/t19-,20+,22?,24+,25-,26+,27+,31-/m1/s1. The number of esters is 1. The van der Waals surface area contributed by atoms with Crippen LogP contribution in [-0.4, -0.2) is 99.1 Å². The van der Waals surface area contributed by atoms with Crippen LogP contribution in [0, 0.1) is 11.8 Å². The molecule has 1 saturated carbocycles. The van der Waals surface area contributed by atoms with Gasteiger partial charge in [-0.15, -0.1) is 13.2 Å². The van der Waals surface area contributed by atoms with Crippen molar-refractivity contribution in [3.05, 3.63) is 25.3 Å². The molecule has 1 spiro atoms. The number of ether oxygens (including phenoxy) is 2. The van der Waals surface area contributed by atoms with Crippen LogP contribution in [0.3, 0.4) is 0 Å². The van der Waals surface area contributed by atoms with Crippen molar-refractivity contribution >= 4 is 39.6 Å². The number of alkyl halides is 1. The minimum Gasteiger partial charge on any atom is -0.460 e. The van der Waals surface area contributed by atoms with Gasteiger partial charge in [-0.25, -0.2) is 0 Å². The summed E-state index contributed by atoms with van der Waals surface area (Å²) in [5.41, 5.74) is -1.23. The zero-order valence-corrected chi connectivity index (χ0v) is 26.4. The molecule has 42 heavy (non-hydrogen) atoms. The van der Waals surface area contributed by atoms with Gasteiger partial charge in [0.25, 0.3) is 0 Å². The Morgan fingerprint density at radius 1 is 1.26 bits per heavy atom. The van der Waals surface area contributed by atoms with Gasteiger partial charge < -0.3 is 29.7 Å². The summed E-state index contributed by atoms with van der Waals surface area (Å²) in [6, 6.07) is -1.54. The van der Waals surface area contributed by atoms with E-state index in [1.165, 1.54) is 4.90 Å². The summed E-state index contributed by atoms with van der Waals surface area (Å²) < 4.78 is 12.4. The third kappa shape index (κ3) is 6.06. The highest BCUT2D eigenvalue weighted by Gasteiger charge is 2.77. The van der Waals surface area contributed by atoms with Crippen molar-refractivity contribution in [2.75, 3.05) is 19.7 Å². The third-order valence-electron chi connectivity index (χ3n) is 9.41. The number of fused-ring (bicyclic) bond motifs is 1. The molecule has 8 atom stereocenters. The van der Waals surface area contributed by atoms with Gasteiger partial charge in [0, 0.05) is 23.8 Å². The molecular formula is C31H46BrN3O7. The van der Waals surface area contributed by atoms with E-state index in [-0.39, 0.29) is 41.7 Å². The number of allylic oxidation sites excluding steroid dienone is 1. The van der Waals surface area contributed by atoms with Crippen molar-refractivity contribution in [1.82, 2.24) is 15.1 Å². The smallest absolute Gasteiger partial charge is 0.312 e. The van der Waals surface area contributed by atoms with Crippen molar-refractivity contribution in [3.8, 4) is 0 Å². The lowest BCUT2D eigenvalue weighted by Gasteiger charge is -2.42. The number of aliphatic hydroxyl groups is 1. The molecule has 11 heteroatoms. The van der Waals surface area contributed by atoms with Gasteiger partial charge in [-0.1, -0.05) is 54.3 Å². The Balaban J connectivity index is 1.63. The van der Waals surface area contributed by atoms with Gasteiger partial charge in [-0.05, 0) is 39.0 Å². The highest BCUT2D eigenvalue weighted by molar-refractivity contribution is 9.09. The first-order chi connectivity index (χ1) is 20.1. The minimum atomic E-state index is -1.23. The first-order valence-electron chi connectivity index (χ1n) is 15.4. The molecular weight excluding hydrogens is 606 g/mol. The Kier molecular flexibility index (Phi) is 10.9. The lowest BCUT2D eigenvalue weighted by atomic mass is 9.70. The average molecular weight is 653 g/mol. The highest BCUT2D eigenvalue weighted by atomic mass is 79.9. The van der Waals surface area contributed by atoms with Crippen LogP contribution in [0.1, 0.15) is 71.6 Å². The zero-order valence-electron chi connectivity index (χ0n) is 24.8. The van der Waals surface area contributed by atoms with Crippen molar-refractivity contribution in [2.45, 2.75) is 112 Å². The first-order valence-corrected chi connectivity index (χ1v) is 16.3. The Morgan fingerprint density at radius 2 is 1.98 bits per heavy atom. The summed E-state index contributed by atoms with van der Waals surface area (Å²) in [6.07, 6.45) is 8.74. The number of hydrogen-bond acceptors (Lipinski definition) is 7. The number of nitrogens with one attached hydrogen (secondary N) is 1. The fourth-order valence-electron chi connectivity index (χ4n) is 7.43. The van der Waals surface area contributed by atoms with Crippen LogP contribution in [0.5, 0.6) is 0 Å². The quantitative estimate of drug-likeness (QED) is 0.168. The maximum Gasteiger partial charge on any atom is 0.312 e. The molecule has 0 aromatic carbocycles. The second kappa shape index (κ2) is 14.0. The van der Waals surface area contributed by atoms with Gasteiger partial charge in [0.2, 0.25) is 17.7 Å². The van der Waals surface area contributed by atoms with Crippen molar-refractivity contribution in [2.24, 2.45) is 11.8 Å². The molecule has 0 aromatic rings. The van der Waals surface area contributed by atoms with E-state index in [1.54, 1.807) is 19.1 Å². The molecule has 2 N–H and O–H groups in total. The van der Waals surface area contributed by atoms with E-state index in [4.69, 9.17) is 9.47 Å². The summed E-state index contributed by atoms with van der Waals surface area (Å²) >= 11 is 3.69. The molecule has 3 saturated heterocycles. The maximum absolute atomic E-state index is 14.6. The SMILES string of the molecule is C=CCCC(=O)NC[C@@H](C)OC(=O)[C@@H]1[C@H]2O[C@@]3(CC2Br)[C@H](C(=O)N(CC=C)C2CCCCC2)N([C@@H](CC)CO)C(=O)[C@@H]13. The third-order valence-corrected chi connectivity index (χ3v) is 10.3. The van der Waals surface area contributed by atoms with E-state index in [1.807, 2.05) is 11.8 Å². The van der Waals surface area contributed by atoms with Gasteiger partial charge in [0.15, 0.2) is 0 Å². The molecule has 1 unspecified atom stereocenters. The van der Waals surface area contributed by atoms with Gasteiger partial charge in [0.1, 0.15) is 17.7 Å². The number of hydrogen-bond donors (Lipinski definition) is 2. The molecule has 3 aliphatic heterocycles. The number of aliphatic hydroxyl groups excluding tert-OH is 1. The topological polar surface area (TPSA) is 125 Å². The predicted molar refractivity (Wildman–Crippen MR) is 160 cm³/mol. The van der Waals surface area contributed by atoms with Gasteiger partial charge in [0.05, 0.1) is 37.1 Å². The summed E-state index contributed by atoms with van der Waals surface area (Å²) in [6.45, 7) is 11.2.